The first-order chi connectivity index (χ1) is 15.0. The number of hydrogen-bond acceptors (Lipinski definition) is 7. The lowest BCUT2D eigenvalue weighted by atomic mass is 10.1. The third-order valence-corrected chi connectivity index (χ3v) is 6.34. The molecule has 2 amide bonds. The third kappa shape index (κ3) is 4.85. The number of non-ortho nitro benzene ring substituents is 1. The van der Waals surface area contributed by atoms with E-state index in [1.165, 1.54) is 17.4 Å². The molecule has 0 saturated carbocycles. The van der Waals surface area contributed by atoms with Gasteiger partial charge < -0.3 is 19.9 Å². The molecular weight excluding hydrogens is 418 g/mol. The molecule has 9 nitrogen and oxygen atoms in total. The van der Waals surface area contributed by atoms with Crippen molar-refractivity contribution in [1.29, 1.82) is 0 Å². The van der Waals surface area contributed by atoms with Crippen LogP contribution in [0.1, 0.15) is 5.56 Å². The quantitative estimate of drug-likeness (QED) is 0.465. The van der Waals surface area contributed by atoms with E-state index >= 15 is 0 Å². The highest BCUT2D eigenvalue weighted by Gasteiger charge is 2.23. The van der Waals surface area contributed by atoms with E-state index in [1.807, 2.05) is 29.2 Å². The Kier molecular flexibility index (Phi) is 6.17. The third-order valence-electron chi connectivity index (χ3n) is 5.26. The largest absolute Gasteiger partial charge is 0.497 e. The predicted octanol–water partition coefficient (Wildman–Crippen LogP) is 3.29. The lowest BCUT2D eigenvalue weighted by Gasteiger charge is -2.34. The topological polar surface area (TPSA) is 101 Å². The Morgan fingerprint density at radius 3 is 2.61 bits per heavy atom. The van der Waals surface area contributed by atoms with E-state index < -0.39 is 4.92 Å². The summed E-state index contributed by atoms with van der Waals surface area (Å²) >= 11 is 1.44. The Bertz CT molecular complexity index is 1080. The molecule has 1 aliphatic rings. The summed E-state index contributed by atoms with van der Waals surface area (Å²) in [5, 5.41) is 14.8. The molecule has 1 aromatic heterocycles. The van der Waals surface area contributed by atoms with E-state index in [-0.39, 0.29) is 11.7 Å². The van der Waals surface area contributed by atoms with E-state index in [1.54, 1.807) is 19.2 Å². The molecule has 0 unspecified atom stereocenters. The zero-order valence-corrected chi connectivity index (χ0v) is 17.9. The number of nitro benzene ring substituents is 1. The molecular formula is C21H23N5O4S. The normalized spacial score (nSPS) is 14.0. The van der Waals surface area contributed by atoms with E-state index in [2.05, 4.69) is 15.2 Å². The number of nitro groups is 1. The molecule has 1 fully saturated rings. The smallest absolute Gasteiger partial charge is 0.317 e. The zero-order valence-electron chi connectivity index (χ0n) is 17.1. The van der Waals surface area contributed by atoms with Crippen LogP contribution in [-0.4, -0.2) is 60.7 Å². The number of aromatic nitrogens is 1. The number of thiazole rings is 1. The Hall–Kier alpha value is -3.40. The van der Waals surface area contributed by atoms with Crippen molar-refractivity contribution in [2.24, 2.45) is 0 Å². The number of benzene rings is 2. The van der Waals surface area contributed by atoms with Gasteiger partial charge >= 0.3 is 6.03 Å². The summed E-state index contributed by atoms with van der Waals surface area (Å²) in [6.45, 7) is 3.12. The minimum Gasteiger partial charge on any atom is -0.497 e. The molecule has 1 aliphatic heterocycles. The van der Waals surface area contributed by atoms with Gasteiger partial charge in [0.1, 0.15) is 5.75 Å². The second kappa shape index (κ2) is 9.17. The number of carbonyl (C=O) groups is 1. The Labute approximate surface area is 183 Å². The Morgan fingerprint density at radius 1 is 1.19 bits per heavy atom. The average molecular weight is 442 g/mol. The maximum absolute atomic E-state index is 12.5. The zero-order chi connectivity index (χ0) is 21.8. The highest BCUT2D eigenvalue weighted by Crippen LogP contribution is 2.31. The van der Waals surface area contributed by atoms with Gasteiger partial charge in [-0.2, -0.15) is 0 Å². The van der Waals surface area contributed by atoms with Crippen molar-refractivity contribution >= 4 is 38.4 Å². The Morgan fingerprint density at radius 2 is 1.94 bits per heavy atom. The van der Waals surface area contributed by atoms with Crippen molar-refractivity contribution in [1.82, 2.24) is 15.2 Å². The Balaban J connectivity index is 1.27. The van der Waals surface area contributed by atoms with E-state index in [0.29, 0.717) is 32.7 Å². The number of hydrogen-bond donors (Lipinski definition) is 1. The van der Waals surface area contributed by atoms with Gasteiger partial charge in [0.25, 0.3) is 5.69 Å². The number of anilines is 1. The molecule has 2 heterocycles. The van der Waals surface area contributed by atoms with E-state index in [0.717, 1.165) is 33.1 Å². The van der Waals surface area contributed by atoms with Gasteiger partial charge in [0.2, 0.25) is 0 Å². The second-order valence-corrected chi connectivity index (χ2v) is 8.22. The maximum Gasteiger partial charge on any atom is 0.317 e. The van der Waals surface area contributed by atoms with Gasteiger partial charge in [-0.25, -0.2) is 9.78 Å². The van der Waals surface area contributed by atoms with E-state index in [9.17, 15) is 14.9 Å². The molecule has 2 aromatic carbocycles. The van der Waals surface area contributed by atoms with Gasteiger partial charge in [-0.15, -0.1) is 0 Å². The van der Waals surface area contributed by atoms with Crippen LogP contribution >= 0.6 is 11.3 Å². The standard InChI is InChI=1S/C21H23N5O4S/c1-30-17-5-2-15(3-6-17)8-9-22-20(27)24-10-12-25(13-11-24)21-23-18-7-4-16(26(28)29)14-19(18)31-21/h2-7,14H,8-13H2,1H3,(H,22,27). The number of carbonyl (C=O) groups excluding carboxylic acids is 1. The molecule has 162 valence electrons. The van der Waals surface area contributed by atoms with Crippen molar-refractivity contribution < 1.29 is 14.5 Å². The average Bonchev–Trinajstić information content (AvgIpc) is 3.23. The summed E-state index contributed by atoms with van der Waals surface area (Å²) in [7, 11) is 1.64. The van der Waals surface area contributed by atoms with Crippen LogP contribution in [0.3, 0.4) is 0 Å². The number of rotatable bonds is 6. The van der Waals surface area contributed by atoms with Crippen LogP contribution in [0.4, 0.5) is 15.6 Å². The number of nitrogens with one attached hydrogen (secondary N) is 1. The number of amides is 2. The monoisotopic (exact) mass is 441 g/mol. The van der Waals surface area contributed by atoms with Crippen LogP contribution in [0.5, 0.6) is 5.75 Å². The molecule has 0 bridgehead atoms. The summed E-state index contributed by atoms with van der Waals surface area (Å²) in [5.41, 5.74) is 1.96. The van der Waals surface area contributed by atoms with Crippen LogP contribution in [0.2, 0.25) is 0 Å². The molecule has 0 atom stereocenters. The van der Waals surface area contributed by atoms with E-state index in [4.69, 9.17) is 4.74 Å². The minimum atomic E-state index is -0.398. The number of fused-ring (bicyclic) bond motifs is 1. The number of methoxy groups -OCH3 is 1. The molecule has 0 aliphatic carbocycles. The summed E-state index contributed by atoms with van der Waals surface area (Å²) < 4.78 is 5.95. The summed E-state index contributed by atoms with van der Waals surface area (Å²) in [4.78, 5) is 31.6. The van der Waals surface area contributed by atoms with Crippen molar-refractivity contribution in [3.63, 3.8) is 0 Å². The van der Waals surface area contributed by atoms with Crippen LogP contribution < -0.4 is 15.0 Å². The summed E-state index contributed by atoms with van der Waals surface area (Å²) in [6.07, 6.45) is 0.757. The van der Waals surface area contributed by atoms with Gasteiger partial charge in [0.05, 0.1) is 22.2 Å². The van der Waals surface area contributed by atoms with Crippen molar-refractivity contribution in [2.75, 3.05) is 44.7 Å². The van der Waals surface area contributed by atoms with Crippen LogP contribution in [0, 0.1) is 10.1 Å². The lowest BCUT2D eigenvalue weighted by Crippen LogP contribution is -2.52. The molecule has 1 N–H and O–H groups in total. The maximum atomic E-state index is 12.5. The first-order valence-electron chi connectivity index (χ1n) is 9.99. The minimum absolute atomic E-state index is 0.0620. The first kappa shape index (κ1) is 20.9. The SMILES string of the molecule is COc1ccc(CCNC(=O)N2CCN(c3nc4ccc([N+](=O)[O-])cc4s3)CC2)cc1. The van der Waals surface area contributed by atoms with Crippen molar-refractivity contribution in [3.8, 4) is 5.75 Å². The van der Waals surface area contributed by atoms with Crippen LogP contribution in [0.25, 0.3) is 10.2 Å². The number of urea groups is 1. The van der Waals surface area contributed by atoms with Gasteiger partial charge in [-0.05, 0) is 30.2 Å². The number of ether oxygens (including phenoxy) is 1. The van der Waals surface area contributed by atoms with Gasteiger partial charge in [-0.1, -0.05) is 23.5 Å². The molecule has 1 saturated heterocycles. The highest BCUT2D eigenvalue weighted by atomic mass is 32.1. The molecule has 0 radical (unpaired) electrons. The highest BCUT2D eigenvalue weighted by molar-refractivity contribution is 7.22. The number of nitrogens with zero attached hydrogens (tertiary/aromatic N) is 4. The fourth-order valence-corrected chi connectivity index (χ4v) is 4.52. The molecule has 3 aromatic rings. The van der Waals surface area contributed by atoms with Gasteiger partial charge in [0.15, 0.2) is 5.13 Å². The number of piperazine rings is 1. The van der Waals surface area contributed by atoms with Crippen molar-refractivity contribution in [3.05, 3.63) is 58.1 Å². The molecule has 10 heteroatoms. The van der Waals surface area contributed by atoms with Crippen LogP contribution in [0.15, 0.2) is 42.5 Å². The summed E-state index contributed by atoms with van der Waals surface area (Å²) in [5.74, 6) is 0.817. The van der Waals surface area contributed by atoms with Gasteiger partial charge in [-0.3, -0.25) is 10.1 Å². The van der Waals surface area contributed by atoms with Crippen molar-refractivity contribution in [2.45, 2.75) is 6.42 Å². The second-order valence-electron chi connectivity index (χ2n) is 7.21. The lowest BCUT2D eigenvalue weighted by molar-refractivity contribution is -0.384. The predicted molar refractivity (Wildman–Crippen MR) is 120 cm³/mol. The molecule has 31 heavy (non-hydrogen) atoms. The molecule has 0 spiro atoms. The fourth-order valence-electron chi connectivity index (χ4n) is 3.47. The molecule has 4 rings (SSSR count). The summed E-state index contributed by atoms with van der Waals surface area (Å²) in [6, 6.07) is 12.5. The van der Waals surface area contributed by atoms with Gasteiger partial charge in [0, 0.05) is 44.9 Å². The first-order valence-corrected chi connectivity index (χ1v) is 10.8. The van der Waals surface area contributed by atoms with Crippen LogP contribution in [-0.2, 0) is 6.42 Å². The fraction of sp³-hybridized carbons (Fsp3) is 0.333.